The minimum absolute atomic E-state index is 0.0595. The number of aryl methyl sites for hydroxylation is 1. The lowest BCUT2D eigenvalue weighted by Crippen LogP contribution is -2.39. The fourth-order valence-corrected chi connectivity index (χ4v) is 4.36. The maximum atomic E-state index is 13.7. The van der Waals surface area contributed by atoms with E-state index < -0.39 is 11.8 Å². The van der Waals surface area contributed by atoms with Crippen LogP contribution in [0.15, 0.2) is 18.2 Å². The maximum Gasteiger partial charge on any atom is 0.251 e. The topological polar surface area (TPSA) is 21.3 Å². The number of ether oxygens (including phenoxy) is 1. The van der Waals surface area contributed by atoms with E-state index in [2.05, 4.69) is 37.4 Å². The standard InChI is InChI=1S/C21H31F2NO/c1-3-4-5-6-9-25-20-10-15(2)7-8-16(20)14-24-19-12-18-11-17(19)13-21(18,22)23/h7-8,10,17-19,24H,3-6,9,11-14H2,1-2H3. The lowest BCUT2D eigenvalue weighted by Gasteiger charge is -2.28. The van der Waals surface area contributed by atoms with Gasteiger partial charge >= 0.3 is 0 Å². The highest BCUT2D eigenvalue weighted by atomic mass is 19.3. The largest absolute Gasteiger partial charge is 0.493 e. The number of halogens is 2. The van der Waals surface area contributed by atoms with E-state index in [1.807, 2.05) is 0 Å². The van der Waals surface area contributed by atoms with Gasteiger partial charge in [-0.3, -0.25) is 0 Å². The van der Waals surface area contributed by atoms with E-state index in [-0.39, 0.29) is 18.4 Å². The highest BCUT2D eigenvalue weighted by molar-refractivity contribution is 5.37. The predicted molar refractivity (Wildman–Crippen MR) is 97.2 cm³/mol. The average Bonchev–Trinajstić information content (AvgIpc) is 3.09. The smallest absolute Gasteiger partial charge is 0.251 e. The van der Waals surface area contributed by atoms with Crippen molar-refractivity contribution in [3.63, 3.8) is 0 Å². The first-order valence-electron chi connectivity index (χ1n) is 9.83. The molecule has 0 spiro atoms. The van der Waals surface area contributed by atoms with Gasteiger partial charge in [-0.2, -0.15) is 0 Å². The second-order valence-corrected chi connectivity index (χ2v) is 7.90. The zero-order valence-electron chi connectivity index (χ0n) is 15.5. The zero-order chi connectivity index (χ0) is 17.9. The van der Waals surface area contributed by atoms with Crippen LogP contribution in [0.5, 0.6) is 5.75 Å². The molecule has 0 heterocycles. The molecule has 3 rings (SSSR count). The van der Waals surface area contributed by atoms with Crippen molar-refractivity contribution in [2.75, 3.05) is 6.61 Å². The summed E-state index contributed by atoms with van der Waals surface area (Å²) in [6.45, 7) is 5.72. The number of fused-ring (bicyclic) bond motifs is 2. The molecule has 25 heavy (non-hydrogen) atoms. The van der Waals surface area contributed by atoms with Crippen molar-refractivity contribution >= 4 is 0 Å². The van der Waals surface area contributed by atoms with Crippen LogP contribution in [0.4, 0.5) is 8.78 Å². The third kappa shape index (κ3) is 4.52. The molecule has 0 aliphatic heterocycles. The summed E-state index contributed by atoms with van der Waals surface area (Å²) in [5.74, 6) is -1.77. The van der Waals surface area contributed by atoms with E-state index in [9.17, 15) is 8.78 Å². The summed E-state index contributed by atoms with van der Waals surface area (Å²) in [7, 11) is 0. The Hall–Kier alpha value is -1.16. The number of rotatable bonds is 9. The Kier molecular flexibility index (Phi) is 5.98. The van der Waals surface area contributed by atoms with Crippen LogP contribution in [-0.4, -0.2) is 18.6 Å². The second-order valence-electron chi connectivity index (χ2n) is 7.90. The van der Waals surface area contributed by atoms with E-state index in [0.29, 0.717) is 19.4 Å². The molecule has 1 N–H and O–H groups in total. The van der Waals surface area contributed by atoms with E-state index in [1.165, 1.54) is 24.8 Å². The van der Waals surface area contributed by atoms with Gasteiger partial charge in [0.15, 0.2) is 0 Å². The quantitative estimate of drug-likeness (QED) is 0.595. The Labute approximate surface area is 150 Å². The molecule has 3 atom stereocenters. The SMILES string of the molecule is CCCCCCOc1cc(C)ccc1CNC1CC2CC1CC2(F)F. The summed E-state index contributed by atoms with van der Waals surface area (Å²) in [5.41, 5.74) is 2.32. The number of hydrogen-bond acceptors (Lipinski definition) is 2. The van der Waals surface area contributed by atoms with Crippen molar-refractivity contribution in [1.29, 1.82) is 0 Å². The van der Waals surface area contributed by atoms with Gasteiger partial charge in [-0.15, -0.1) is 0 Å². The average molecular weight is 351 g/mol. The number of hydrogen-bond donors (Lipinski definition) is 1. The number of alkyl halides is 2. The minimum atomic E-state index is -2.43. The Morgan fingerprint density at radius 2 is 2.04 bits per heavy atom. The molecule has 2 aliphatic rings. The predicted octanol–water partition coefficient (Wildman–Crippen LogP) is 5.48. The summed E-state index contributed by atoms with van der Waals surface area (Å²) in [4.78, 5) is 0. The van der Waals surface area contributed by atoms with Crippen molar-refractivity contribution in [1.82, 2.24) is 5.32 Å². The van der Waals surface area contributed by atoms with Gasteiger partial charge in [-0.05, 0) is 43.7 Å². The van der Waals surface area contributed by atoms with Gasteiger partial charge in [0.05, 0.1) is 6.61 Å². The first kappa shape index (κ1) is 18.6. The molecule has 0 aromatic heterocycles. The highest BCUT2D eigenvalue weighted by Crippen LogP contribution is 2.53. The van der Waals surface area contributed by atoms with Crippen LogP contribution < -0.4 is 10.1 Å². The minimum Gasteiger partial charge on any atom is -0.493 e. The maximum absolute atomic E-state index is 13.7. The van der Waals surface area contributed by atoms with E-state index in [0.717, 1.165) is 24.3 Å². The van der Waals surface area contributed by atoms with Gasteiger partial charge in [0.2, 0.25) is 0 Å². The first-order chi connectivity index (χ1) is 12.0. The number of unbranched alkanes of at least 4 members (excludes halogenated alkanes) is 3. The van der Waals surface area contributed by atoms with Crippen molar-refractivity contribution in [3.05, 3.63) is 29.3 Å². The zero-order valence-corrected chi connectivity index (χ0v) is 15.5. The van der Waals surface area contributed by atoms with Gasteiger partial charge < -0.3 is 10.1 Å². The lowest BCUT2D eigenvalue weighted by atomic mass is 9.92. The van der Waals surface area contributed by atoms with Gasteiger partial charge in [-0.1, -0.05) is 38.3 Å². The first-order valence-corrected chi connectivity index (χ1v) is 9.83. The summed E-state index contributed by atoms with van der Waals surface area (Å²) < 4.78 is 33.3. The second kappa shape index (κ2) is 8.03. The fourth-order valence-electron chi connectivity index (χ4n) is 4.36. The monoisotopic (exact) mass is 351 g/mol. The van der Waals surface area contributed by atoms with E-state index in [4.69, 9.17) is 4.74 Å². The van der Waals surface area contributed by atoms with E-state index >= 15 is 0 Å². The van der Waals surface area contributed by atoms with Crippen LogP contribution >= 0.6 is 0 Å². The van der Waals surface area contributed by atoms with Gasteiger partial charge in [0, 0.05) is 30.5 Å². The Morgan fingerprint density at radius 1 is 1.20 bits per heavy atom. The molecule has 140 valence electrons. The molecular weight excluding hydrogens is 320 g/mol. The van der Waals surface area contributed by atoms with Gasteiger partial charge in [-0.25, -0.2) is 8.78 Å². The molecule has 2 saturated carbocycles. The Morgan fingerprint density at radius 3 is 2.72 bits per heavy atom. The molecule has 2 bridgehead atoms. The van der Waals surface area contributed by atoms with E-state index in [1.54, 1.807) is 0 Å². The molecular formula is C21H31F2NO. The molecule has 4 heteroatoms. The summed E-state index contributed by atoms with van der Waals surface area (Å²) in [5, 5.41) is 3.52. The molecule has 2 fully saturated rings. The molecule has 1 aromatic carbocycles. The van der Waals surface area contributed by atoms with Crippen LogP contribution in [0.25, 0.3) is 0 Å². The Bertz CT molecular complexity index is 575. The van der Waals surface area contributed by atoms with Gasteiger partial charge in [0.25, 0.3) is 5.92 Å². The van der Waals surface area contributed by atoms with Crippen LogP contribution in [0.1, 0.15) is 63.0 Å². The third-order valence-corrected chi connectivity index (χ3v) is 5.86. The number of nitrogens with one attached hydrogen (secondary N) is 1. The lowest BCUT2D eigenvalue weighted by molar-refractivity contribution is -0.0566. The van der Waals surface area contributed by atoms with Crippen molar-refractivity contribution in [3.8, 4) is 5.75 Å². The summed E-state index contributed by atoms with van der Waals surface area (Å²) in [6.07, 6.45) is 6.11. The summed E-state index contributed by atoms with van der Waals surface area (Å²) in [6, 6.07) is 6.51. The van der Waals surface area contributed by atoms with Crippen molar-refractivity contribution in [2.24, 2.45) is 11.8 Å². The van der Waals surface area contributed by atoms with Crippen molar-refractivity contribution in [2.45, 2.75) is 77.3 Å². The molecule has 0 amide bonds. The van der Waals surface area contributed by atoms with Crippen LogP contribution in [0.2, 0.25) is 0 Å². The van der Waals surface area contributed by atoms with Gasteiger partial charge in [0.1, 0.15) is 5.75 Å². The van der Waals surface area contributed by atoms with Crippen LogP contribution in [0.3, 0.4) is 0 Å². The molecule has 3 unspecified atom stereocenters. The molecule has 2 nitrogen and oxygen atoms in total. The Balaban J connectivity index is 1.52. The number of benzene rings is 1. The molecule has 0 radical (unpaired) electrons. The summed E-state index contributed by atoms with van der Waals surface area (Å²) >= 11 is 0. The fraction of sp³-hybridized carbons (Fsp3) is 0.714. The molecule has 2 aliphatic carbocycles. The molecule has 0 saturated heterocycles. The molecule has 1 aromatic rings. The van der Waals surface area contributed by atoms with Crippen LogP contribution in [-0.2, 0) is 6.54 Å². The van der Waals surface area contributed by atoms with Crippen LogP contribution in [0, 0.1) is 18.8 Å². The van der Waals surface area contributed by atoms with Crippen molar-refractivity contribution < 1.29 is 13.5 Å². The highest BCUT2D eigenvalue weighted by Gasteiger charge is 2.56. The third-order valence-electron chi connectivity index (χ3n) is 5.86. The normalized spacial score (nSPS) is 27.0.